The van der Waals surface area contributed by atoms with Crippen molar-refractivity contribution in [3.8, 4) is 16.9 Å². The smallest absolute Gasteiger partial charge is 0.225 e. The van der Waals surface area contributed by atoms with E-state index in [4.69, 9.17) is 32.4 Å². The molecule has 3 heterocycles. The normalized spacial score (nSPS) is 14.3. The van der Waals surface area contributed by atoms with Gasteiger partial charge >= 0.3 is 0 Å². The molecule has 1 aliphatic heterocycles. The van der Waals surface area contributed by atoms with Gasteiger partial charge in [-0.25, -0.2) is 9.67 Å². The minimum atomic E-state index is 0.504. The number of nitrogens with two attached hydrogens (primary N) is 1. The van der Waals surface area contributed by atoms with Crippen molar-refractivity contribution in [2.24, 2.45) is 0 Å². The molecule has 164 valence electrons. The van der Waals surface area contributed by atoms with Crippen LogP contribution in [0.25, 0.3) is 28.0 Å². The third kappa shape index (κ3) is 4.13. The first-order valence-electron chi connectivity index (χ1n) is 10.9. The van der Waals surface area contributed by atoms with E-state index in [2.05, 4.69) is 10.2 Å². The molecule has 1 saturated heterocycles. The van der Waals surface area contributed by atoms with Crippen LogP contribution in [0.3, 0.4) is 0 Å². The molecular weight excluding hydrogens is 422 g/mol. The first-order chi connectivity index (χ1) is 15.6. The molecule has 3 N–H and O–H groups in total. The predicted octanol–water partition coefficient (Wildman–Crippen LogP) is 4.53. The molecular formula is C24H26ClN7. The van der Waals surface area contributed by atoms with Gasteiger partial charge in [-0.15, -0.1) is 5.10 Å². The molecule has 0 unspecified atom stereocenters. The van der Waals surface area contributed by atoms with Gasteiger partial charge in [0, 0.05) is 23.7 Å². The van der Waals surface area contributed by atoms with Gasteiger partial charge in [0.15, 0.2) is 5.65 Å². The van der Waals surface area contributed by atoms with Crippen molar-refractivity contribution >= 4 is 34.4 Å². The van der Waals surface area contributed by atoms with Crippen molar-refractivity contribution in [3.05, 3.63) is 59.1 Å². The summed E-state index contributed by atoms with van der Waals surface area (Å²) in [5.74, 6) is 1.05. The number of aryl methyl sites for hydroxylation is 1. The van der Waals surface area contributed by atoms with Gasteiger partial charge in [-0.1, -0.05) is 35.9 Å². The number of fused-ring (bicyclic) bond motifs is 1. The molecule has 1 aliphatic rings. The van der Waals surface area contributed by atoms with Crippen LogP contribution in [0.5, 0.6) is 0 Å². The molecule has 2 aromatic carbocycles. The summed E-state index contributed by atoms with van der Waals surface area (Å²) in [4.78, 5) is 12.0. The van der Waals surface area contributed by atoms with Crippen molar-refractivity contribution in [2.75, 3.05) is 37.2 Å². The summed E-state index contributed by atoms with van der Waals surface area (Å²) < 4.78 is 1.73. The summed E-state index contributed by atoms with van der Waals surface area (Å²) in [5.41, 5.74) is 10.8. The van der Waals surface area contributed by atoms with Crippen molar-refractivity contribution in [3.63, 3.8) is 0 Å². The van der Waals surface area contributed by atoms with E-state index in [0.29, 0.717) is 22.4 Å². The number of hydrogen-bond acceptors (Lipinski definition) is 6. The van der Waals surface area contributed by atoms with Crippen molar-refractivity contribution in [1.29, 1.82) is 0 Å². The van der Waals surface area contributed by atoms with E-state index in [1.807, 2.05) is 55.5 Å². The Balaban J connectivity index is 1.58. The molecule has 0 atom stereocenters. The molecule has 0 amide bonds. The second-order valence-corrected chi connectivity index (χ2v) is 8.65. The molecule has 7 nitrogen and oxygen atoms in total. The van der Waals surface area contributed by atoms with Gasteiger partial charge in [0.2, 0.25) is 5.95 Å². The fourth-order valence-corrected chi connectivity index (χ4v) is 4.41. The summed E-state index contributed by atoms with van der Waals surface area (Å²) in [7, 11) is 0. The van der Waals surface area contributed by atoms with E-state index in [0.717, 1.165) is 54.1 Å². The van der Waals surface area contributed by atoms with Crippen LogP contribution in [-0.4, -0.2) is 50.8 Å². The third-order valence-electron chi connectivity index (χ3n) is 5.82. The Bertz CT molecular complexity index is 1260. The van der Waals surface area contributed by atoms with Crippen LogP contribution in [0, 0.1) is 6.92 Å². The Kier molecular flexibility index (Phi) is 5.68. The fraction of sp³-hybridized carbons (Fsp3) is 0.292. The summed E-state index contributed by atoms with van der Waals surface area (Å²) >= 11 is 6.28. The van der Waals surface area contributed by atoms with E-state index in [-0.39, 0.29) is 0 Å². The monoisotopic (exact) mass is 447 g/mol. The van der Waals surface area contributed by atoms with E-state index in [1.54, 1.807) is 4.68 Å². The highest BCUT2D eigenvalue weighted by Gasteiger charge is 2.20. The van der Waals surface area contributed by atoms with E-state index in [1.165, 1.54) is 12.8 Å². The molecule has 1 fully saturated rings. The maximum atomic E-state index is 6.59. The Morgan fingerprint density at radius 3 is 2.66 bits per heavy atom. The van der Waals surface area contributed by atoms with Crippen LogP contribution in [0.4, 0.5) is 11.8 Å². The summed E-state index contributed by atoms with van der Waals surface area (Å²) in [6, 6.07) is 15.7. The molecule has 4 aromatic rings. The highest BCUT2D eigenvalue weighted by molar-refractivity contribution is 6.30. The number of hydrogen-bond donors (Lipinski definition) is 2. The first kappa shape index (κ1) is 20.7. The first-order valence-corrected chi connectivity index (χ1v) is 11.3. The van der Waals surface area contributed by atoms with Crippen LogP contribution >= 0.6 is 11.6 Å². The zero-order chi connectivity index (χ0) is 22.1. The number of rotatable bonds is 6. The number of anilines is 2. The second-order valence-electron chi connectivity index (χ2n) is 8.22. The van der Waals surface area contributed by atoms with E-state index in [9.17, 15) is 0 Å². The Morgan fingerprint density at radius 2 is 1.88 bits per heavy atom. The van der Waals surface area contributed by atoms with Crippen LogP contribution in [-0.2, 0) is 0 Å². The number of nitrogen functional groups attached to an aromatic ring is 1. The molecule has 0 spiro atoms. The topological polar surface area (TPSA) is 84.9 Å². The Hall–Kier alpha value is -3.16. The van der Waals surface area contributed by atoms with Crippen molar-refractivity contribution < 1.29 is 0 Å². The van der Waals surface area contributed by atoms with Crippen LogP contribution < -0.4 is 11.1 Å². The van der Waals surface area contributed by atoms with Crippen molar-refractivity contribution in [2.45, 2.75) is 19.8 Å². The van der Waals surface area contributed by atoms with Gasteiger partial charge in [-0.3, -0.25) is 0 Å². The number of aromatic nitrogens is 4. The van der Waals surface area contributed by atoms with Gasteiger partial charge in [-0.05, 0) is 62.7 Å². The lowest BCUT2D eigenvalue weighted by Gasteiger charge is -2.15. The van der Waals surface area contributed by atoms with E-state index >= 15 is 0 Å². The molecule has 8 heteroatoms. The van der Waals surface area contributed by atoms with Gasteiger partial charge in [0.05, 0.1) is 16.8 Å². The summed E-state index contributed by atoms with van der Waals surface area (Å²) in [6.45, 7) is 6.10. The van der Waals surface area contributed by atoms with Crippen LogP contribution in [0.1, 0.15) is 18.4 Å². The molecule has 0 radical (unpaired) electrons. The second kappa shape index (κ2) is 8.76. The number of nitrogens with one attached hydrogen (secondary N) is 1. The van der Waals surface area contributed by atoms with Gasteiger partial charge in [0.1, 0.15) is 5.82 Å². The average molecular weight is 448 g/mol. The third-order valence-corrected chi connectivity index (χ3v) is 6.06. The zero-order valence-corrected chi connectivity index (χ0v) is 18.8. The minimum absolute atomic E-state index is 0.504. The Morgan fingerprint density at radius 1 is 1.06 bits per heavy atom. The largest absolute Gasteiger partial charge is 0.383 e. The molecule has 2 aromatic heterocycles. The number of nitrogens with zero attached hydrogens (tertiary/aromatic N) is 5. The molecule has 0 saturated carbocycles. The lowest BCUT2D eigenvalue weighted by atomic mass is 10.1. The van der Waals surface area contributed by atoms with E-state index < -0.39 is 0 Å². The van der Waals surface area contributed by atoms with Gasteiger partial charge in [0.25, 0.3) is 0 Å². The highest BCUT2D eigenvalue weighted by Crippen LogP contribution is 2.33. The standard InChI is InChI=1S/C24H26ClN7/c1-16-6-4-9-19(14-16)32-22(26)20-21(17-7-5-8-18(25)15-17)28-24(29-23(20)30-32)27-10-13-31-11-2-3-12-31/h4-9,14-15H,2-3,10-13,26H2,1H3,(H,27,29,30). The lowest BCUT2D eigenvalue weighted by Crippen LogP contribution is -2.26. The zero-order valence-electron chi connectivity index (χ0n) is 18.1. The van der Waals surface area contributed by atoms with Gasteiger partial charge < -0.3 is 16.0 Å². The van der Waals surface area contributed by atoms with Gasteiger partial charge in [-0.2, -0.15) is 4.98 Å². The summed E-state index contributed by atoms with van der Waals surface area (Å²) in [5, 5.41) is 9.48. The van der Waals surface area contributed by atoms with Crippen LogP contribution in [0.2, 0.25) is 5.02 Å². The highest BCUT2D eigenvalue weighted by atomic mass is 35.5. The lowest BCUT2D eigenvalue weighted by molar-refractivity contribution is 0.352. The minimum Gasteiger partial charge on any atom is -0.383 e. The molecule has 0 aliphatic carbocycles. The maximum Gasteiger partial charge on any atom is 0.225 e. The maximum absolute atomic E-state index is 6.59. The van der Waals surface area contributed by atoms with Crippen molar-refractivity contribution in [1.82, 2.24) is 24.6 Å². The summed E-state index contributed by atoms with van der Waals surface area (Å²) in [6.07, 6.45) is 2.55. The number of halogens is 1. The number of benzene rings is 2. The van der Waals surface area contributed by atoms with Crippen LogP contribution in [0.15, 0.2) is 48.5 Å². The molecule has 32 heavy (non-hydrogen) atoms. The fourth-order valence-electron chi connectivity index (χ4n) is 4.22. The molecule has 5 rings (SSSR count). The average Bonchev–Trinajstić information content (AvgIpc) is 3.41. The SMILES string of the molecule is Cc1cccc(-n2nc3nc(NCCN4CCCC4)nc(-c4cccc(Cl)c4)c3c2N)c1. The number of likely N-dealkylation sites (tertiary alicyclic amines) is 1. The quantitative estimate of drug-likeness (QED) is 0.451. The Labute approximate surface area is 192 Å². The predicted molar refractivity (Wildman–Crippen MR) is 130 cm³/mol. The molecule has 0 bridgehead atoms.